The second kappa shape index (κ2) is 8.93. The molecule has 2 amide bonds. The molecule has 170 valence electrons. The zero-order valence-corrected chi connectivity index (χ0v) is 19.6. The van der Waals surface area contributed by atoms with Gasteiger partial charge in [0.2, 0.25) is 0 Å². The molecule has 0 radical (unpaired) electrons. The Balaban J connectivity index is 1.58. The molecule has 0 saturated heterocycles. The number of nitrogens with zero attached hydrogens (tertiary/aromatic N) is 3. The fourth-order valence-corrected chi connectivity index (χ4v) is 4.57. The summed E-state index contributed by atoms with van der Waals surface area (Å²) in [7, 11) is 1.78. The van der Waals surface area contributed by atoms with E-state index in [1.165, 1.54) is 37.7 Å². The third-order valence-corrected chi connectivity index (χ3v) is 6.24. The Morgan fingerprint density at radius 1 is 1.16 bits per heavy atom. The first-order valence-electron chi connectivity index (χ1n) is 11.5. The van der Waals surface area contributed by atoms with Crippen LogP contribution in [0.5, 0.6) is 0 Å². The number of benzene rings is 1. The number of fused-ring (bicyclic) bond motifs is 1. The number of rotatable bonds is 4. The number of aromatic nitrogens is 1. The normalized spacial score (nSPS) is 16.8. The van der Waals surface area contributed by atoms with Crippen LogP contribution in [0.3, 0.4) is 0 Å². The third-order valence-electron chi connectivity index (χ3n) is 6.24. The molecular formula is C26H33N3O3. The van der Waals surface area contributed by atoms with Crippen molar-refractivity contribution in [1.29, 1.82) is 0 Å². The Morgan fingerprint density at radius 2 is 1.91 bits per heavy atom. The third kappa shape index (κ3) is 4.95. The van der Waals surface area contributed by atoms with Crippen LogP contribution in [0, 0.1) is 0 Å². The standard InChI is InChI=1S/C26H33N3O3/c1-26(2,3)32-25(31)29(22-12-13-23-20(14-22)16-28(4)24(23)30)17-21-11-10-19(15-27-21)18-8-6-5-7-9-18/h10-15,18H,5-9,16-17H2,1-4H3. The highest BCUT2D eigenvalue weighted by atomic mass is 16.6. The van der Waals surface area contributed by atoms with Crippen LogP contribution in [0.4, 0.5) is 10.5 Å². The van der Waals surface area contributed by atoms with Crippen molar-refractivity contribution in [3.63, 3.8) is 0 Å². The second-order valence-electron chi connectivity index (χ2n) is 9.99. The van der Waals surface area contributed by atoms with Gasteiger partial charge in [0.15, 0.2) is 0 Å². The predicted octanol–water partition coefficient (Wildman–Crippen LogP) is 5.66. The summed E-state index contributed by atoms with van der Waals surface area (Å²) in [5.74, 6) is 0.605. The fraction of sp³-hybridized carbons (Fsp3) is 0.500. The van der Waals surface area contributed by atoms with Crippen molar-refractivity contribution < 1.29 is 14.3 Å². The summed E-state index contributed by atoms with van der Waals surface area (Å²) in [5.41, 5.74) is 3.81. The zero-order chi connectivity index (χ0) is 22.9. The molecule has 6 nitrogen and oxygen atoms in total. The lowest BCUT2D eigenvalue weighted by Crippen LogP contribution is -2.36. The smallest absolute Gasteiger partial charge is 0.415 e. The van der Waals surface area contributed by atoms with Gasteiger partial charge in [0.1, 0.15) is 5.60 Å². The van der Waals surface area contributed by atoms with E-state index in [0.29, 0.717) is 30.3 Å². The molecule has 1 aromatic heterocycles. The van der Waals surface area contributed by atoms with Crippen molar-refractivity contribution in [3.8, 4) is 0 Å². The van der Waals surface area contributed by atoms with Crippen molar-refractivity contribution in [1.82, 2.24) is 9.88 Å². The van der Waals surface area contributed by atoms with Crippen LogP contribution < -0.4 is 4.90 Å². The van der Waals surface area contributed by atoms with E-state index in [2.05, 4.69) is 11.1 Å². The summed E-state index contributed by atoms with van der Waals surface area (Å²) in [5, 5.41) is 0. The van der Waals surface area contributed by atoms with Gasteiger partial charge in [-0.15, -0.1) is 0 Å². The van der Waals surface area contributed by atoms with Crippen LogP contribution in [0.25, 0.3) is 0 Å². The molecule has 0 atom stereocenters. The number of hydrogen-bond acceptors (Lipinski definition) is 4. The first-order valence-corrected chi connectivity index (χ1v) is 11.5. The van der Waals surface area contributed by atoms with Gasteiger partial charge >= 0.3 is 6.09 Å². The lowest BCUT2D eigenvalue weighted by molar-refractivity contribution is 0.0576. The molecule has 32 heavy (non-hydrogen) atoms. The fourth-order valence-electron chi connectivity index (χ4n) is 4.57. The number of ether oxygens (including phenoxy) is 1. The minimum absolute atomic E-state index is 0.00957. The Morgan fingerprint density at radius 3 is 2.56 bits per heavy atom. The summed E-state index contributed by atoms with van der Waals surface area (Å²) in [4.78, 5) is 33.3. The molecule has 2 aliphatic rings. The van der Waals surface area contributed by atoms with E-state index in [0.717, 1.165) is 11.3 Å². The summed E-state index contributed by atoms with van der Waals surface area (Å²) in [6, 6.07) is 9.70. The average Bonchev–Trinajstić information content (AvgIpc) is 3.04. The molecule has 6 heteroatoms. The van der Waals surface area contributed by atoms with Crippen LogP contribution in [-0.2, 0) is 17.8 Å². The SMILES string of the molecule is CN1Cc2cc(N(Cc3ccc(C4CCCCC4)cn3)C(=O)OC(C)(C)C)ccc2C1=O. The van der Waals surface area contributed by atoms with Crippen molar-refractivity contribution in [3.05, 3.63) is 58.9 Å². The van der Waals surface area contributed by atoms with Crippen molar-refractivity contribution in [2.45, 2.75) is 77.5 Å². The van der Waals surface area contributed by atoms with E-state index in [-0.39, 0.29) is 5.91 Å². The van der Waals surface area contributed by atoms with Gasteiger partial charge in [-0.3, -0.25) is 14.7 Å². The van der Waals surface area contributed by atoms with Gasteiger partial charge in [-0.05, 0) is 74.9 Å². The summed E-state index contributed by atoms with van der Waals surface area (Å²) in [6.45, 7) is 6.42. The molecule has 0 spiro atoms. The highest BCUT2D eigenvalue weighted by Gasteiger charge is 2.28. The molecule has 1 fully saturated rings. The molecule has 1 aromatic carbocycles. The van der Waals surface area contributed by atoms with Gasteiger partial charge in [-0.1, -0.05) is 25.3 Å². The van der Waals surface area contributed by atoms with E-state index in [9.17, 15) is 9.59 Å². The van der Waals surface area contributed by atoms with E-state index in [1.54, 1.807) is 22.9 Å². The highest BCUT2D eigenvalue weighted by Crippen LogP contribution is 2.33. The number of hydrogen-bond donors (Lipinski definition) is 0. The summed E-state index contributed by atoms with van der Waals surface area (Å²) >= 11 is 0. The van der Waals surface area contributed by atoms with E-state index in [1.807, 2.05) is 45.2 Å². The molecule has 0 bridgehead atoms. The maximum absolute atomic E-state index is 13.1. The Labute approximate surface area is 190 Å². The monoisotopic (exact) mass is 435 g/mol. The van der Waals surface area contributed by atoms with Gasteiger partial charge in [-0.25, -0.2) is 4.79 Å². The van der Waals surface area contributed by atoms with Crippen LogP contribution in [0.1, 0.15) is 86.0 Å². The minimum Gasteiger partial charge on any atom is -0.443 e. The van der Waals surface area contributed by atoms with E-state index in [4.69, 9.17) is 4.74 Å². The average molecular weight is 436 g/mol. The number of pyridine rings is 1. The van der Waals surface area contributed by atoms with Crippen molar-refractivity contribution >= 4 is 17.7 Å². The number of anilines is 1. The highest BCUT2D eigenvalue weighted by molar-refractivity contribution is 5.99. The van der Waals surface area contributed by atoms with Gasteiger partial charge in [0.25, 0.3) is 5.91 Å². The molecule has 4 rings (SSSR count). The van der Waals surface area contributed by atoms with Gasteiger partial charge in [-0.2, -0.15) is 0 Å². The van der Waals surface area contributed by atoms with Gasteiger partial charge < -0.3 is 9.64 Å². The molecular weight excluding hydrogens is 402 g/mol. The molecule has 2 heterocycles. The first kappa shape index (κ1) is 22.3. The topological polar surface area (TPSA) is 62.7 Å². The number of amides is 2. The molecule has 1 aliphatic heterocycles. The van der Waals surface area contributed by atoms with Crippen LogP contribution in [0.2, 0.25) is 0 Å². The van der Waals surface area contributed by atoms with E-state index >= 15 is 0 Å². The van der Waals surface area contributed by atoms with Crippen LogP contribution in [0.15, 0.2) is 36.5 Å². The Kier molecular flexibility index (Phi) is 6.22. The van der Waals surface area contributed by atoms with Crippen molar-refractivity contribution in [2.24, 2.45) is 0 Å². The molecule has 1 saturated carbocycles. The first-order chi connectivity index (χ1) is 15.2. The van der Waals surface area contributed by atoms with Gasteiger partial charge in [0.05, 0.1) is 12.2 Å². The summed E-state index contributed by atoms with van der Waals surface area (Å²) in [6.07, 6.45) is 7.90. The predicted molar refractivity (Wildman–Crippen MR) is 125 cm³/mol. The summed E-state index contributed by atoms with van der Waals surface area (Å²) < 4.78 is 5.69. The van der Waals surface area contributed by atoms with Gasteiger partial charge in [0, 0.05) is 31.0 Å². The quantitative estimate of drug-likeness (QED) is 0.622. The lowest BCUT2D eigenvalue weighted by Gasteiger charge is -2.28. The molecule has 0 unspecified atom stereocenters. The minimum atomic E-state index is -0.611. The maximum atomic E-state index is 13.1. The largest absolute Gasteiger partial charge is 0.443 e. The number of carbonyl (C=O) groups excluding carboxylic acids is 2. The molecule has 0 N–H and O–H groups in total. The lowest BCUT2D eigenvalue weighted by atomic mass is 9.85. The maximum Gasteiger partial charge on any atom is 0.415 e. The van der Waals surface area contributed by atoms with E-state index < -0.39 is 11.7 Å². The Bertz CT molecular complexity index is 988. The van der Waals surface area contributed by atoms with Crippen LogP contribution in [-0.4, -0.2) is 34.5 Å². The van der Waals surface area contributed by atoms with Crippen molar-refractivity contribution in [2.75, 3.05) is 11.9 Å². The second-order valence-corrected chi connectivity index (χ2v) is 9.99. The molecule has 1 aliphatic carbocycles. The van der Waals surface area contributed by atoms with Crippen LogP contribution >= 0.6 is 0 Å². The Hall–Kier alpha value is -2.89. The molecule has 2 aromatic rings. The zero-order valence-electron chi connectivity index (χ0n) is 19.6. The number of carbonyl (C=O) groups is 2.